The van der Waals surface area contributed by atoms with Gasteiger partial charge in [0.05, 0.1) is 0 Å². The predicted molar refractivity (Wildman–Crippen MR) is 60.4 cm³/mol. The Balaban J connectivity index is 3.19. The van der Waals surface area contributed by atoms with Gasteiger partial charge in [0.1, 0.15) is 0 Å². The molecule has 0 bridgehead atoms. The van der Waals surface area contributed by atoms with Gasteiger partial charge in [0.25, 0.3) is 0 Å². The van der Waals surface area contributed by atoms with Gasteiger partial charge in [-0.25, -0.2) is 0 Å². The van der Waals surface area contributed by atoms with Crippen LogP contribution in [-0.4, -0.2) is 31.0 Å². The maximum Gasteiger partial charge on any atom is 0.0226 e. The fourth-order valence-corrected chi connectivity index (χ4v) is 1.74. The van der Waals surface area contributed by atoms with E-state index in [-0.39, 0.29) is 0 Å². The lowest BCUT2D eigenvalue weighted by molar-refractivity contribution is 0.459. The van der Waals surface area contributed by atoms with Crippen LogP contribution in [0.3, 0.4) is 0 Å². The number of alkyl halides is 1. The highest BCUT2D eigenvalue weighted by atomic mass is 35.5. The topological polar surface area (TPSA) is 12.0 Å². The van der Waals surface area contributed by atoms with E-state index in [4.69, 9.17) is 11.6 Å². The van der Waals surface area contributed by atoms with Gasteiger partial charge in [0, 0.05) is 18.2 Å². The Morgan fingerprint density at radius 1 is 1.50 bits per heavy atom. The Hall–Kier alpha value is 0.600. The second-order valence-electron chi connectivity index (χ2n) is 2.95. The first kappa shape index (κ1) is 12.6. The van der Waals surface area contributed by atoms with Crippen molar-refractivity contribution in [2.24, 2.45) is 5.92 Å². The van der Waals surface area contributed by atoms with E-state index in [0.717, 1.165) is 31.3 Å². The summed E-state index contributed by atoms with van der Waals surface area (Å²) in [5.74, 6) is 2.77. The fourth-order valence-electron chi connectivity index (χ4n) is 1.09. The highest BCUT2D eigenvalue weighted by Crippen LogP contribution is 2.07. The summed E-state index contributed by atoms with van der Waals surface area (Å²) in [6.07, 6.45) is 4.51. The average Bonchev–Trinajstić information content (AvgIpc) is 2.10. The highest BCUT2D eigenvalue weighted by molar-refractivity contribution is 7.98. The van der Waals surface area contributed by atoms with Gasteiger partial charge in [-0.2, -0.15) is 11.8 Å². The summed E-state index contributed by atoms with van der Waals surface area (Å²) >= 11 is 7.57. The van der Waals surface area contributed by atoms with Gasteiger partial charge >= 0.3 is 0 Å². The van der Waals surface area contributed by atoms with Crippen molar-refractivity contribution in [3.8, 4) is 0 Å². The van der Waals surface area contributed by atoms with Crippen molar-refractivity contribution < 1.29 is 0 Å². The summed E-state index contributed by atoms with van der Waals surface area (Å²) in [5.41, 5.74) is 0. The molecule has 0 aromatic heterocycles. The normalized spacial score (nSPS) is 13.2. The zero-order chi connectivity index (χ0) is 9.23. The van der Waals surface area contributed by atoms with Crippen molar-refractivity contribution in [1.82, 2.24) is 5.32 Å². The molecule has 1 atom stereocenters. The molecular formula is C9H20ClNS. The van der Waals surface area contributed by atoms with Crippen LogP contribution in [0.25, 0.3) is 0 Å². The Morgan fingerprint density at radius 2 is 2.25 bits per heavy atom. The van der Waals surface area contributed by atoms with E-state index in [9.17, 15) is 0 Å². The van der Waals surface area contributed by atoms with Crippen molar-refractivity contribution in [3.63, 3.8) is 0 Å². The molecule has 0 radical (unpaired) electrons. The van der Waals surface area contributed by atoms with E-state index in [2.05, 4.69) is 18.5 Å². The molecular weight excluding hydrogens is 190 g/mol. The number of hydrogen-bond donors (Lipinski definition) is 1. The maximum atomic E-state index is 5.68. The largest absolute Gasteiger partial charge is 0.316 e. The lowest BCUT2D eigenvalue weighted by atomic mass is 10.0. The van der Waals surface area contributed by atoms with E-state index in [0.29, 0.717) is 0 Å². The van der Waals surface area contributed by atoms with Crippen LogP contribution >= 0.6 is 23.4 Å². The predicted octanol–water partition coefficient (Wildman–Crippen LogP) is 2.59. The summed E-state index contributed by atoms with van der Waals surface area (Å²) in [5, 5.41) is 3.44. The minimum atomic E-state index is 0.768. The highest BCUT2D eigenvalue weighted by Gasteiger charge is 2.03. The number of halogens is 1. The molecule has 74 valence electrons. The lowest BCUT2D eigenvalue weighted by Gasteiger charge is -2.13. The molecule has 1 nitrogen and oxygen atoms in total. The van der Waals surface area contributed by atoms with E-state index in [1.54, 1.807) is 0 Å². The van der Waals surface area contributed by atoms with Crippen molar-refractivity contribution in [2.75, 3.05) is 31.0 Å². The summed E-state index contributed by atoms with van der Waals surface area (Å²) in [4.78, 5) is 0. The average molecular weight is 210 g/mol. The van der Waals surface area contributed by atoms with Crippen molar-refractivity contribution in [2.45, 2.75) is 19.8 Å². The van der Waals surface area contributed by atoms with Gasteiger partial charge in [-0.1, -0.05) is 13.3 Å². The number of hydrogen-bond acceptors (Lipinski definition) is 2. The third kappa shape index (κ3) is 7.26. The minimum absolute atomic E-state index is 0.768. The Morgan fingerprint density at radius 3 is 2.75 bits per heavy atom. The van der Waals surface area contributed by atoms with Crippen LogP contribution in [0.5, 0.6) is 0 Å². The number of nitrogens with one attached hydrogen (secondary N) is 1. The summed E-state index contributed by atoms with van der Waals surface area (Å²) in [6, 6.07) is 0. The van der Waals surface area contributed by atoms with Crippen LogP contribution in [0, 0.1) is 5.92 Å². The molecule has 0 aliphatic carbocycles. The monoisotopic (exact) mass is 209 g/mol. The third-order valence-corrected chi connectivity index (χ3v) is 2.84. The summed E-state index contributed by atoms with van der Waals surface area (Å²) < 4.78 is 0. The first-order chi connectivity index (χ1) is 5.85. The van der Waals surface area contributed by atoms with Gasteiger partial charge < -0.3 is 5.32 Å². The van der Waals surface area contributed by atoms with Crippen LogP contribution in [0.1, 0.15) is 19.8 Å². The van der Waals surface area contributed by atoms with Crippen LogP contribution in [0.2, 0.25) is 0 Å². The zero-order valence-corrected chi connectivity index (χ0v) is 9.68. The van der Waals surface area contributed by atoms with Gasteiger partial charge in [-0.05, 0) is 25.1 Å². The molecule has 0 heterocycles. The van der Waals surface area contributed by atoms with Crippen molar-refractivity contribution in [1.29, 1.82) is 0 Å². The molecule has 0 fully saturated rings. The van der Waals surface area contributed by atoms with Crippen LogP contribution in [-0.2, 0) is 0 Å². The summed E-state index contributed by atoms with van der Waals surface area (Å²) in [7, 11) is 0. The minimum Gasteiger partial charge on any atom is -0.316 e. The van der Waals surface area contributed by atoms with Gasteiger partial charge in [-0.15, -0.1) is 11.6 Å². The van der Waals surface area contributed by atoms with Crippen LogP contribution in [0.4, 0.5) is 0 Å². The SMILES string of the molecule is CCC(CCCl)CNCCSC. The molecule has 0 aliphatic heterocycles. The van der Waals surface area contributed by atoms with Gasteiger partial charge in [0.15, 0.2) is 0 Å². The standard InChI is InChI=1S/C9H20ClNS/c1-3-9(4-5-10)8-11-6-7-12-2/h9,11H,3-8H2,1-2H3. The molecule has 0 aromatic rings. The molecule has 0 saturated carbocycles. The van der Waals surface area contributed by atoms with Gasteiger partial charge in [0.2, 0.25) is 0 Å². The number of rotatable bonds is 8. The Bertz CT molecular complexity index is 90.6. The van der Waals surface area contributed by atoms with E-state index in [1.165, 1.54) is 12.2 Å². The number of thioether (sulfide) groups is 1. The van der Waals surface area contributed by atoms with Crippen LogP contribution in [0.15, 0.2) is 0 Å². The first-order valence-corrected chi connectivity index (χ1v) is 6.53. The molecule has 3 heteroatoms. The zero-order valence-electron chi connectivity index (χ0n) is 8.11. The van der Waals surface area contributed by atoms with Gasteiger partial charge in [-0.3, -0.25) is 0 Å². The van der Waals surface area contributed by atoms with E-state index >= 15 is 0 Å². The molecule has 0 rings (SSSR count). The molecule has 0 aliphatic rings. The molecule has 0 amide bonds. The lowest BCUT2D eigenvalue weighted by Crippen LogP contribution is -2.24. The fraction of sp³-hybridized carbons (Fsp3) is 1.00. The summed E-state index contributed by atoms with van der Waals surface area (Å²) in [6.45, 7) is 4.48. The van der Waals surface area contributed by atoms with E-state index < -0.39 is 0 Å². The second-order valence-corrected chi connectivity index (χ2v) is 4.31. The molecule has 1 N–H and O–H groups in total. The Labute approximate surface area is 85.6 Å². The Kier molecular flexibility index (Phi) is 10.2. The smallest absolute Gasteiger partial charge is 0.0226 e. The van der Waals surface area contributed by atoms with E-state index in [1.807, 2.05) is 11.8 Å². The molecule has 0 aromatic carbocycles. The first-order valence-electron chi connectivity index (χ1n) is 4.60. The third-order valence-electron chi connectivity index (χ3n) is 2.01. The second kappa shape index (κ2) is 9.69. The quantitative estimate of drug-likeness (QED) is 0.487. The molecule has 0 saturated heterocycles. The van der Waals surface area contributed by atoms with Crippen LogP contribution < -0.4 is 5.32 Å². The molecule has 12 heavy (non-hydrogen) atoms. The maximum absolute atomic E-state index is 5.68. The molecule has 0 spiro atoms. The van der Waals surface area contributed by atoms with Crippen molar-refractivity contribution in [3.05, 3.63) is 0 Å². The molecule has 1 unspecified atom stereocenters. The van der Waals surface area contributed by atoms with Crippen molar-refractivity contribution >= 4 is 23.4 Å².